The van der Waals surface area contributed by atoms with Gasteiger partial charge in [0.1, 0.15) is 6.61 Å². The Hall–Kier alpha value is -4.28. The summed E-state index contributed by atoms with van der Waals surface area (Å²) in [6, 6.07) is 14.0. The molecule has 38 heavy (non-hydrogen) atoms. The molecule has 0 radical (unpaired) electrons. The minimum atomic E-state index is -0.985. The van der Waals surface area contributed by atoms with Crippen molar-refractivity contribution in [2.75, 3.05) is 26.1 Å². The summed E-state index contributed by atoms with van der Waals surface area (Å²) in [5.41, 5.74) is 0.873. The zero-order valence-corrected chi connectivity index (χ0v) is 21.1. The Kier molecular flexibility index (Phi) is 10.3. The second-order valence-electron chi connectivity index (χ2n) is 8.51. The van der Waals surface area contributed by atoms with Crippen molar-refractivity contribution in [3.05, 3.63) is 71.8 Å². The third-order valence-corrected chi connectivity index (χ3v) is 5.93. The molecule has 0 fully saturated rings. The molecule has 2 aromatic carbocycles. The van der Waals surface area contributed by atoms with E-state index in [2.05, 4.69) is 15.2 Å². The normalized spacial score (nSPS) is 11.5. The van der Waals surface area contributed by atoms with Gasteiger partial charge >= 0.3 is 12.1 Å². The second-order valence-corrected chi connectivity index (χ2v) is 8.51. The lowest BCUT2D eigenvalue weighted by atomic mass is 10.1. The van der Waals surface area contributed by atoms with Crippen molar-refractivity contribution in [1.29, 1.82) is 0 Å². The van der Waals surface area contributed by atoms with Crippen LogP contribution in [0.5, 0.6) is 0 Å². The van der Waals surface area contributed by atoms with E-state index in [0.29, 0.717) is 18.6 Å². The Bertz CT molecular complexity index is 1230. The van der Waals surface area contributed by atoms with Crippen molar-refractivity contribution in [3.8, 4) is 11.3 Å². The highest BCUT2D eigenvalue weighted by Gasteiger charge is 2.23. The number of hydrogen-bond donors (Lipinski definition) is 1. The Morgan fingerprint density at radius 2 is 1.84 bits per heavy atom. The first-order valence-electron chi connectivity index (χ1n) is 12.0. The van der Waals surface area contributed by atoms with Crippen LogP contribution in [0.1, 0.15) is 31.2 Å². The average Bonchev–Trinajstić information content (AvgIpc) is 3.39. The number of nitrogens with one attached hydrogen (secondary N) is 1. The van der Waals surface area contributed by atoms with Crippen LogP contribution in [0.15, 0.2) is 59.1 Å². The highest BCUT2D eigenvalue weighted by Crippen LogP contribution is 2.22. The standard InChI is InChI=1S/C27H29F2N3O6/c1-32(24(33)15-14-19-10-6-12-21(28)26(19)29)20(11-7-13-25(34)36-2)17-37-27(35)30-23-16-22(38-31-23)18-8-4-3-5-9-18/h3-6,8-10,12,16,20H,7,11,13-15,17H2,1-2H3,(H,30,31,35)/t20-/m0/s1. The fourth-order valence-electron chi connectivity index (χ4n) is 3.72. The van der Waals surface area contributed by atoms with Gasteiger partial charge in [-0.3, -0.25) is 14.9 Å². The number of anilines is 1. The minimum Gasteiger partial charge on any atom is -0.469 e. The summed E-state index contributed by atoms with van der Waals surface area (Å²) in [4.78, 5) is 38.1. The van der Waals surface area contributed by atoms with Crippen LogP contribution in [0.3, 0.4) is 0 Å². The molecule has 0 saturated carbocycles. The van der Waals surface area contributed by atoms with Crippen LogP contribution in [0, 0.1) is 11.6 Å². The first kappa shape index (κ1) is 28.3. The van der Waals surface area contributed by atoms with Crippen molar-refractivity contribution >= 4 is 23.8 Å². The summed E-state index contributed by atoms with van der Waals surface area (Å²) in [6.45, 7) is -0.174. The van der Waals surface area contributed by atoms with E-state index in [0.717, 1.165) is 11.6 Å². The lowest BCUT2D eigenvalue weighted by Gasteiger charge is -2.28. The maximum atomic E-state index is 14.0. The molecule has 0 aliphatic heterocycles. The molecule has 1 N–H and O–H groups in total. The first-order chi connectivity index (χ1) is 18.3. The third-order valence-electron chi connectivity index (χ3n) is 5.93. The summed E-state index contributed by atoms with van der Waals surface area (Å²) in [7, 11) is 2.81. The number of amides is 2. The number of hydrogen-bond acceptors (Lipinski definition) is 7. The highest BCUT2D eigenvalue weighted by atomic mass is 19.2. The van der Waals surface area contributed by atoms with E-state index in [9.17, 15) is 23.2 Å². The Labute approximate surface area is 218 Å². The zero-order chi connectivity index (χ0) is 27.5. The van der Waals surface area contributed by atoms with E-state index in [4.69, 9.17) is 9.26 Å². The van der Waals surface area contributed by atoms with E-state index >= 15 is 0 Å². The SMILES string of the molecule is COC(=O)CCC[C@@H](COC(=O)Nc1cc(-c2ccccc2)on1)N(C)C(=O)CCc1cccc(F)c1F. The van der Waals surface area contributed by atoms with E-state index in [1.165, 1.54) is 31.2 Å². The number of ether oxygens (including phenoxy) is 2. The van der Waals surface area contributed by atoms with Crippen molar-refractivity contribution in [3.63, 3.8) is 0 Å². The van der Waals surface area contributed by atoms with Crippen molar-refractivity contribution in [2.45, 2.75) is 38.1 Å². The number of aromatic nitrogens is 1. The van der Waals surface area contributed by atoms with Crippen LogP contribution >= 0.6 is 0 Å². The molecule has 0 saturated heterocycles. The van der Waals surface area contributed by atoms with Crippen LogP contribution in [0.2, 0.25) is 0 Å². The lowest BCUT2D eigenvalue weighted by Crippen LogP contribution is -2.41. The van der Waals surface area contributed by atoms with E-state index in [1.54, 1.807) is 6.07 Å². The van der Waals surface area contributed by atoms with Crippen molar-refractivity contribution in [1.82, 2.24) is 10.1 Å². The van der Waals surface area contributed by atoms with Crippen LogP contribution < -0.4 is 5.32 Å². The van der Waals surface area contributed by atoms with Gasteiger partial charge in [0.05, 0.1) is 13.2 Å². The van der Waals surface area contributed by atoms with Gasteiger partial charge in [0.15, 0.2) is 23.2 Å². The maximum Gasteiger partial charge on any atom is 0.412 e. The quantitative estimate of drug-likeness (QED) is 0.330. The molecule has 1 atom stereocenters. The summed E-state index contributed by atoms with van der Waals surface area (Å²) < 4.78 is 42.6. The van der Waals surface area contributed by atoms with Gasteiger partial charge in [0.25, 0.3) is 0 Å². The van der Waals surface area contributed by atoms with Gasteiger partial charge in [0, 0.05) is 31.5 Å². The molecular formula is C27H29F2N3O6. The van der Waals surface area contributed by atoms with Gasteiger partial charge in [-0.15, -0.1) is 0 Å². The van der Waals surface area contributed by atoms with Crippen LogP contribution in [-0.2, 0) is 25.5 Å². The highest BCUT2D eigenvalue weighted by molar-refractivity contribution is 5.84. The summed E-state index contributed by atoms with van der Waals surface area (Å²) in [5, 5.41) is 6.28. The average molecular weight is 530 g/mol. The Morgan fingerprint density at radius 3 is 2.58 bits per heavy atom. The first-order valence-corrected chi connectivity index (χ1v) is 12.0. The van der Waals surface area contributed by atoms with Crippen LogP contribution in [-0.4, -0.2) is 54.8 Å². The summed E-state index contributed by atoms with van der Waals surface area (Å²) in [6.07, 6.45) is -0.0600. The molecule has 9 nitrogen and oxygen atoms in total. The largest absolute Gasteiger partial charge is 0.469 e. The number of nitrogens with zero attached hydrogens (tertiary/aromatic N) is 2. The Balaban J connectivity index is 1.57. The molecule has 202 valence electrons. The van der Waals surface area contributed by atoms with Gasteiger partial charge in [0.2, 0.25) is 5.91 Å². The number of benzene rings is 2. The Morgan fingerprint density at radius 1 is 1.08 bits per heavy atom. The summed E-state index contributed by atoms with van der Waals surface area (Å²) >= 11 is 0. The number of esters is 1. The zero-order valence-electron chi connectivity index (χ0n) is 21.1. The third kappa shape index (κ3) is 8.12. The lowest BCUT2D eigenvalue weighted by molar-refractivity contribution is -0.140. The van der Waals surface area contributed by atoms with Gasteiger partial charge in [-0.1, -0.05) is 47.6 Å². The fraction of sp³-hybridized carbons (Fsp3) is 0.333. The molecule has 1 heterocycles. The van der Waals surface area contributed by atoms with Gasteiger partial charge in [-0.2, -0.15) is 0 Å². The molecule has 0 spiro atoms. The van der Waals surface area contributed by atoms with E-state index < -0.39 is 29.7 Å². The molecule has 3 rings (SSSR count). The predicted molar refractivity (Wildman–Crippen MR) is 134 cm³/mol. The number of carbonyl (C=O) groups is 3. The monoisotopic (exact) mass is 529 g/mol. The molecule has 1 aromatic heterocycles. The number of carbonyl (C=O) groups excluding carboxylic acids is 3. The molecular weight excluding hydrogens is 500 g/mol. The van der Waals surface area contributed by atoms with Crippen molar-refractivity contribution in [2.24, 2.45) is 0 Å². The van der Waals surface area contributed by atoms with E-state index in [-0.39, 0.29) is 43.2 Å². The van der Waals surface area contributed by atoms with Gasteiger partial charge in [-0.05, 0) is 30.9 Å². The molecule has 3 aromatic rings. The molecule has 2 amide bonds. The number of halogens is 2. The summed E-state index contributed by atoms with van der Waals surface area (Å²) in [5.74, 6) is -2.12. The van der Waals surface area contributed by atoms with Gasteiger partial charge in [-0.25, -0.2) is 13.6 Å². The van der Waals surface area contributed by atoms with Crippen molar-refractivity contribution < 1.29 is 37.2 Å². The molecule has 0 unspecified atom stereocenters. The second kappa shape index (κ2) is 13.9. The smallest absolute Gasteiger partial charge is 0.412 e. The molecule has 0 bridgehead atoms. The topological polar surface area (TPSA) is 111 Å². The number of rotatable bonds is 12. The molecule has 11 heteroatoms. The minimum absolute atomic E-state index is 0.00109. The number of likely N-dealkylation sites (N-methyl/N-ethyl adjacent to an activating group) is 1. The van der Waals surface area contributed by atoms with Crippen LogP contribution in [0.4, 0.5) is 19.4 Å². The van der Waals surface area contributed by atoms with E-state index in [1.807, 2.05) is 30.3 Å². The maximum absolute atomic E-state index is 14.0. The number of aryl methyl sites for hydroxylation is 1. The fourth-order valence-corrected chi connectivity index (χ4v) is 3.72. The van der Waals surface area contributed by atoms with Crippen LogP contribution in [0.25, 0.3) is 11.3 Å². The molecule has 0 aliphatic rings. The van der Waals surface area contributed by atoms with Gasteiger partial charge < -0.3 is 18.9 Å². The predicted octanol–water partition coefficient (Wildman–Crippen LogP) is 4.97. The number of methoxy groups -OCH3 is 1. The molecule has 0 aliphatic carbocycles.